The molecule has 4 rings (SSSR count). The van der Waals surface area contributed by atoms with Crippen molar-refractivity contribution >= 4 is 34.0 Å². The molecule has 5 heteroatoms. The Bertz CT molecular complexity index is 1040. The van der Waals surface area contributed by atoms with Crippen molar-refractivity contribution < 1.29 is 4.79 Å². The van der Waals surface area contributed by atoms with Gasteiger partial charge in [0.25, 0.3) is 0 Å². The van der Waals surface area contributed by atoms with Crippen molar-refractivity contribution in [2.24, 2.45) is 0 Å². The minimum absolute atomic E-state index is 0.0141. The van der Waals surface area contributed by atoms with E-state index in [1.165, 1.54) is 0 Å². The van der Waals surface area contributed by atoms with Gasteiger partial charge in [-0.05, 0) is 25.2 Å². The van der Waals surface area contributed by atoms with Gasteiger partial charge in [-0.1, -0.05) is 48.5 Å². The summed E-state index contributed by atoms with van der Waals surface area (Å²) in [5.41, 5.74) is 4.33. The van der Waals surface area contributed by atoms with Crippen molar-refractivity contribution in [3.05, 3.63) is 83.2 Å². The van der Waals surface area contributed by atoms with Crippen LogP contribution in [-0.4, -0.2) is 27.8 Å². The summed E-state index contributed by atoms with van der Waals surface area (Å²) >= 11 is 5.49. The molecule has 4 nitrogen and oxygen atoms in total. The lowest BCUT2D eigenvalue weighted by molar-refractivity contribution is 0.102. The normalized spacial score (nSPS) is 17.5. The third kappa shape index (κ3) is 2.61. The maximum atomic E-state index is 13.3. The number of carbonyl (C=O) groups excluding carboxylic acids is 1. The molecule has 1 atom stereocenters. The fourth-order valence-electron chi connectivity index (χ4n) is 3.44. The highest BCUT2D eigenvalue weighted by molar-refractivity contribution is 7.80. The molecule has 2 N–H and O–H groups in total. The van der Waals surface area contributed by atoms with Crippen molar-refractivity contribution in [2.45, 2.75) is 13.0 Å². The number of aromatic nitrogens is 1. The number of para-hydroxylation sites is 1. The molecule has 0 spiro atoms. The molecule has 0 saturated heterocycles. The van der Waals surface area contributed by atoms with Crippen LogP contribution in [0.1, 0.15) is 28.9 Å². The van der Waals surface area contributed by atoms with Gasteiger partial charge in [0.1, 0.15) is 0 Å². The Labute approximate surface area is 157 Å². The van der Waals surface area contributed by atoms with Crippen LogP contribution in [0.3, 0.4) is 0 Å². The average molecular weight is 361 g/mol. The minimum Gasteiger partial charge on any atom is -0.361 e. The van der Waals surface area contributed by atoms with Crippen molar-refractivity contribution in [1.29, 1.82) is 0 Å². The molecule has 3 aromatic rings. The maximum Gasteiger partial charge on any atom is 0.193 e. The van der Waals surface area contributed by atoms with Gasteiger partial charge in [0.15, 0.2) is 10.9 Å². The number of carbonyl (C=O) groups is 1. The molecular weight excluding hydrogens is 342 g/mol. The van der Waals surface area contributed by atoms with Crippen molar-refractivity contribution in [3.8, 4) is 0 Å². The van der Waals surface area contributed by atoms with Crippen LogP contribution in [0.4, 0.5) is 0 Å². The summed E-state index contributed by atoms with van der Waals surface area (Å²) < 4.78 is 0. The van der Waals surface area contributed by atoms with Crippen LogP contribution in [0.15, 0.2) is 72.1 Å². The van der Waals surface area contributed by atoms with E-state index in [1.807, 2.05) is 73.6 Å². The molecule has 0 aliphatic carbocycles. The largest absolute Gasteiger partial charge is 0.361 e. The van der Waals surface area contributed by atoms with E-state index in [0.717, 1.165) is 27.7 Å². The van der Waals surface area contributed by atoms with E-state index in [9.17, 15) is 4.79 Å². The Kier molecular flexibility index (Phi) is 4.09. The molecule has 0 saturated carbocycles. The Morgan fingerprint density at radius 1 is 1.08 bits per heavy atom. The number of nitrogens with zero attached hydrogens (tertiary/aromatic N) is 1. The van der Waals surface area contributed by atoms with Gasteiger partial charge in [-0.3, -0.25) is 4.79 Å². The van der Waals surface area contributed by atoms with Crippen LogP contribution >= 0.6 is 12.2 Å². The van der Waals surface area contributed by atoms with Gasteiger partial charge in [0, 0.05) is 46.5 Å². The molecule has 2 aromatic carbocycles. The van der Waals surface area contributed by atoms with Crippen molar-refractivity contribution in [1.82, 2.24) is 15.2 Å². The Balaban J connectivity index is 1.89. The Morgan fingerprint density at radius 2 is 1.77 bits per heavy atom. The molecule has 26 heavy (non-hydrogen) atoms. The maximum absolute atomic E-state index is 13.3. The number of hydrogen-bond donors (Lipinski definition) is 2. The lowest BCUT2D eigenvalue weighted by atomic mass is 9.89. The predicted molar refractivity (Wildman–Crippen MR) is 108 cm³/mol. The average Bonchev–Trinajstić information content (AvgIpc) is 3.10. The fourth-order valence-corrected chi connectivity index (χ4v) is 3.70. The number of nitrogens with one attached hydrogen (secondary N) is 2. The number of allylic oxidation sites excluding steroid dienone is 1. The predicted octanol–water partition coefficient (Wildman–Crippen LogP) is 4.19. The molecule has 0 bridgehead atoms. The summed E-state index contributed by atoms with van der Waals surface area (Å²) in [5.74, 6) is 0.0141. The molecule has 1 aliphatic heterocycles. The molecule has 130 valence electrons. The van der Waals surface area contributed by atoms with Gasteiger partial charge in [-0.15, -0.1) is 0 Å². The van der Waals surface area contributed by atoms with Crippen LogP contribution in [0, 0.1) is 0 Å². The van der Waals surface area contributed by atoms with Crippen LogP contribution in [-0.2, 0) is 0 Å². The number of Topliss-reactive ketones (excluding diaryl/α,β-unsaturated/α-hetero) is 1. The number of ketones is 1. The summed E-state index contributed by atoms with van der Waals surface area (Å²) in [6.07, 6.45) is 1.96. The van der Waals surface area contributed by atoms with E-state index in [4.69, 9.17) is 12.2 Å². The summed E-state index contributed by atoms with van der Waals surface area (Å²) in [5, 5.41) is 5.05. The van der Waals surface area contributed by atoms with Crippen LogP contribution in [0.25, 0.3) is 10.9 Å². The zero-order chi connectivity index (χ0) is 18.3. The number of aromatic amines is 1. The summed E-state index contributed by atoms with van der Waals surface area (Å²) in [4.78, 5) is 18.5. The van der Waals surface area contributed by atoms with Gasteiger partial charge in [0.2, 0.25) is 0 Å². The molecule has 0 amide bonds. The van der Waals surface area contributed by atoms with E-state index in [1.54, 1.807) is 0 Å². The number of benzene rings is 2. The second-order valence-corrected chi connectivity index (χ2v) is 6.81. The lowest BCUT2D eigenvalue weighted by Crippen LogP contribution is -2.45. The Morgan fingerprint density at radius 3 is 2.54 bits per heavy atom. The smallest absolute Gasteiger partial charge is 0.193 e. The highest BCUT2D eigenvalue weighted by Gasteiger charge is 2.34. The third-order valence-corrected chi connectivity index (χ3v) is 5.36. The fraction of sp³-hybridized carbons (Fsp3) is 0.143. The number of H-pyrrole nitrogens is 1. The topological polar surface area (TPSA) is 48.1 Å². The first kappa shape index (κ1) is 16.5. The van der Waals surface area contributed by atoms with E-state index in [0.29, 0.717) is 10.7 Å². The minimum atomic E-state index is -0.289. The first-order valence-electron chi connectivity index (χ1n) is 8.48. The van der Waals surface area contributed by atoms with Crippen molar-refractivity contribution in [2.75, 3.05) is 7.05 Å². The quantitative estimate of drug-likeness (QED) is 0.543. The monoisotopic (exact) mass is 361 g/mol. The zero-order valence-corrected chi connectivity index (χ0v) is 15.4. The second-order valence-electron chi connectivity index (χ2n) is 6.43. The standard InChI is InChI=1S/C21H19N3OS/c1-13-18(20(25)14-8-4-3-5-9-14)19(23-21(26)24(13)2)16-12-22-17-11-7-6-10-15(16)17/h3-12,19,22H,1-2H3,(H,23,26). The first-order valence-corrected chi connectivity index (χ1v) is 8.89. The number of rotatable bonds is 3. The van der Waals surface area contributed by atoms with Crippen LogP contribution < -0.4 is 5.32 Å². The lowest BCUT2D eigenvalue weighted by Gasteiger charge is -2.35. The van der Waals surface area contributed by atoms with Gasteiger partial charge < -0.3 is 15.2 Å². The zero-order valence-electron chi connectivity index (χ0n) is 14.6. The van der Waals surface area contributed by atoms with Crippen LogP contribution in [0.2, 0.25) is 0 Å². The highest BCUT2D eigenvalue weighted by Crippen LogP contribution is 2.35. The van der Waals surface area contributed by atoms with E-state index < -0.39 is 0 Å². The molecule has 0 fully saturated rings. The second kappa shape index (κ2) is 6.42. The van der Waals surface area contributed by atoms with Gasteiger partial charge in [-0.25, -0.2) is 0 Å². The van der Waals surface area contributed by atoms with Gasteiger partial charge in [-0.2, -0.15) is 0 Å². The van der Waals surface area contributed by atoms with E-state index >= 15 is 0 Å². The summed E-state index contributed by atoms with van der Waals surface area (Å²) in [6, 6.07) is 17.2. The third-order valence-electron chi connectivity index (χ3n) is 4.97. The molecule has 1 aliphatic rings. The summed E-state index contributed by atoms with van der Waals surface area (Å²) in [6.45, 7) is 1.95. The molecule has 1 aromatic heterocycles. The van der Waals surface area contributed by atoms with Gasteiger partial charge >= 0.3 is 0 Å². The highest BCUT2D eigenvalue weighted by atomic mass is 32.1. The summed E-state index contributed by atoms with van der Waals surface area (Å²) in [7, 11) is 1.88. The molecule has 1 unspecified atom stereocenters. The molecular formula is C21H19N3OS. The SMILES string of the molecule is CC1=C(C(=O)c2ccccc2)C(c2c[nH]c3ccccc23)NC(=S)N1C. The molecule has 0 radical (unpaired) electrons. The molecule has 2 heterocycles. The van der Waals surface area contributed by atoms with Crippen LogP contribution in [0.5, 0.6) is 0 Å². The van der Waals surface area contributed by atoms with Crippen molar-refractivity contribution in [3.63, 3.8) is 0 Å². The van der Waals surface area contributed by atoms with E-state index in [2.05, 4.69) is 16.4 Å². The number of thiocarbonyl (C=S) groups is 1. The van der Waals surface area contributed by atoms with Gasteiger partial charge in [0.05, 0.1) is 6.04 Å². The van der Waals surface area contributed by atoms with E-state index in [-0.39, 0.29) is 11.8 Å². The number of fused-ring (bicyclic) bond motifs is 1. The first-order chi connectivity index (χ1) is 12.6. The Hall–Kier alpha value is -2.92. The number of hydrogen-bond acceptors (Lipinski definition) is 2.